The molecule has 128 valence electrons. The van der Waals surface area contributed by atoms with Gasteiger partial charge in [-0.3, -0.25) is 4.79 Å². The van der Waals surface area contributed by atoms with Gasteiger partial charge in [-0.15, -0.1) is 0 Å². The lowest BCUT2D eigenvalue weighted by molar-refractivity contribution is 0.0945. The van der Waals surface area contributed by atoms with E-state index in [0.29, 0.717) is 23.6 Å². The summed E-state index contributed by atoms with van der Waals surface area (Å²) in [6.07, 6.45) is 0. The summed E-state index contributed by atoms with van der Waals surface area (Å²) in [4.78, 5) is 12.2. The maximum Gasteiger partial charge on any atom is 0.251 e. The number of rotatable bonds is 6. The minimum Gasteiger partial charge on any atom is -0.493 e. The van der Waals surface area contributed by atoms with Crippen molar-refractivity contribution in [1.29, 1.82) is 0 Å². The lowest BCUT2D eigenvalue weighted by Crippen LogP contribution is -2.36. The minimum absolute atomic E-state index is 0.303. The normalized spacial score (nSPS) is 11.0. The summed E-state index contributed by atoms with van der Waals surface area (Å²) in [6.45, 7) is 4.43. The van der Waals surface area contributed by atoms with Crippen molar-refractivity contribution in [3.05, 3.63) is 59.4 Å². The van der Waals surface area contributed by atoms with Gasteiger partial charge in [0.25, 0.3) is 5.91 Å². The van der Waals surface area contributed by atoms with Gasteiger partial charge in [-0.05, 0) is 35.9 Å². The molecule has 0 saturated heterocycles. The van der Waals surface area contributed by atoms with Gasteiger partial charge < -0.3 is 14.8 Å². The largest absolute Gasteiger partial charge is 0.493 e. The third-order valence-electron chi connectivity index (χ3n) is 3.94. The van der Waals surface area contributed by atoms with Crippen LogP contribution in [0.15, 0.2) is 42.5 Å². The van der Waals surface area contributed by atoms with Crippen LogP contribution in [0.2, 0.25) is 0 Å². The summed E-state index contributed by atoms with van der Waals surface area (Å²) in [5.41, 5.74) is 0.973. The first-order valence-corrected chi connectivity index (χ1v) is 7.63. The summed E-state index contributed by atoms with van der Waals surface area (Å²) in [7, 11) is 3.17. The quantitative estimate of drug-likeness (QED) is 0.880. The molecule has 0 spiro atoms. The second-order valence-corrected chi connectivity index (χ2v) is 6.15. The van der Waals surface area contributed by atoms with E-state index in [0.717, 1.165) is 5.56 Å². The van der Waals surface area contributed by atoms with E-state index in [1.165, 1.54) is 18.2 Å². The molecule has 0 bridgehead atoms. The number of amides is 1. The maximum atomic E-state index is 13.2. The molecule has 24 heavy (non-hydrogen) atoms. The molecule has 0 aliphatic heterocycles. The molecule has 2 rings (SSSR count). The molecule has 2 aromatic rings. The fraction of sp³-hybridized carbons (Fsp3) is 0.316. The van der Waals surface area contributed by atoms with Gasteiger partial charge in [0.05, 0.1) is 14.2 Å². The first-order chi connectivity index (χ1) is 11.4. The SMILES string of the molecule is COc1ccc(C(C)(C)CNC(=O)c2cccc(F)c2)cc1OC. The van der Waals surface area contributed by atoms with Crippen LogP contribution in [0.4, 0.5) is 4.39 Å². The highest BCUT2D eigenvalue weighted by Gasteiger charge is 2.23. The second kappa shape index (κ2) is 7.34. The predicted molar refractivity (Wildman–Crippen MR) is 91.3 cm³/mol. The molecule has 0 heterocycles. The van der Waals surface area contributed by atoms with Crippen molar-refractivity contribution in [2.45, 2.75) is 19.3 Å². The van der Waals surface area contributed by atoms with E-state index in [4.69, 9.17) is 9.47 Å². The van der Waals surface area contributed by atoms with Gasteiger partial charge in [0.1, 0.15) is 5.82 Å². The van der Waals surface area contributed by atoms with Crippen LogP contribution in [0, 0.1) is 5.82 Å². The number of carbonyl (C=O) groups excluding carboxylic acids is 1. The Morgan fingerprint density at radius 1 is 1.08 bits per heavy atom. The summed E-state index contributed by atoms with van der Waals surface area (Å²) in [6, 6.07) is 11.3. The van der Waals surface area contributed by atoms with Crippen molar-refractivity contribution in [3.63, 3.8) is 0 Å². The monoisotopic (exact) mass is 331 g/mol. The molecule has 0 aliphatic carbocycles. The summed E-state index contributed by atoms with van der Waals surface area (Å²) >= 11 is 0. The van der Waals surface area contributed by atoms with Gasteiger partial charge in [0.2, 0.25) is 0 Å². The Hall–Kier alpha value is -2.56. The molecule has 0 atom stereocenters. The number of hydrogen-bond acceptors (Lipinski definition) is 3. The average molecular weight is 331 g/mol. The van der Waals surface area contributed by atoms with E-state index < -0.39 is 5.82 Å². The minimum atomic E-state index is -0.429. The fourth-order valence-electron chi connectivity index (χ4n) is 2.39. The van der Waals surface area contributed by atoms with Crippen LogP contribution in [0.25, 0.3) is 0 Å². The zero-order valence-corrected chi connectivity index (χ0v) is 14.4. The van der Waals surface area contributed by atoms with Crippen molar-refractivity contribution >= 4 is 5.91 Å². The Balaban J connectivity index is 2.12. The van der Waals surface area contributed by atoms with Crippen LogP contribution < -0.4 is 14.8 Å². The van der Waals surface area contributed by atoms with Crippen LogP contribution in [-0.2, 0) is 5.41 Å². The second-order valence-electron chi connectivity index (χ2n) is 6.15. The molecule has 0 aliphatic rings. The Morgan fingerprint density at radius 2 is 1.79 bits per heavy atom. The molecular formula is C19H22FNO3. The molecule has 2 aromatic carbocycles. The van der Waals surface area contributed by atoms with Crippen molar-refractivity contribution in [2.24, 2.45) is 0 Å². The van der Waals surface area contributed by atoms with Crippen LogP contribution >= 0.6 is 0 Å². The summed E-state index contributed by atoms with van der Waals surface area (Å²) < 4.78 is 23.8. The highest BCUT2D eigenvalue weighted by atomic mass is 19.1. The van der Waals surface area contributed by atoms with E-state index in [-0.39, 0.29) is 11.3 Å². The molecule has 4 nitrogen and oxygen atoms in total. The third-order valence-corrected chi connectivity index (χ3v) is 3.94. The number of carbonyl (C=O) groups is 1. The third kappa shape index (κ3) is 4.04. The molecular weight excluding hydrogens is 309 g/mol. The lowest BCUT2D eigenvalue weighted by Gasteiger charge is -2.26. The molecule has 1 N–H and O–H groups in total. The zero-order valence-electron chi connectivity index (χ0n) is 14.4. The van der Waals surface area contributed by atoms with E-state index in [9.17, 15) is 9.18 Å². The molecule has 0 fully saturated rings. The Morgan fingerprint density at radius 3 is 2.42 bits per heavy atom. The average Bonchev–Trinajstić information content (AvgIpc) is 2.59. The van der Waals surface area contributed by atoms with Crippen LogP contribution in [0.1, 0.15) is 29.8 Å². The van der Waals surface area contributed by atoms with Crippen molar-refractivity contribution in [2.75, 3.05) is 20.8 Å². The maximum absolute atomic E-state index is 13.2. The Kier molecular flexibility index (Phi) is 5.44. The van der Waals surface area contributed by atoms with E-state index in [1.807, 2.05) is 32.0 Å². The number of halogens is 1. The number of benzene rings is 2. The van der Waals surface area contributed by atoms with Gasteiger partial charge in [-0.25, -0.2) is 4.39 Å². The molecule has 1 amide bonds. The van der Waals surface area contributed by atoms with E-state index in [2.05, 4.69) is 5.32 Å². The highest BCUT2D eigenvalue weighted by molar-refractivity contribution is 5.94. The van der Waals surface area contributed by atoms with Gasteiger partial charge in [-0.2, -0.15) is 0 Å². The fourth-order valence-corrected chi connectivity index (χ4v) is 2.39. The first kappa shape index (κ1) is 17.8. The first-order valence-electron chi connectivity index (χ1n) is 7.63. The number of methoxy groups -OCH3 is 2. The number of nitrogens with one attached hydrogen (secondary N) is 1. The molecule has 0 aromatic heterocycles. The van der Waals surface area contributed by atoms with Crippen LogP contribution in [-0.4, -0.2) is 26.7 Å². The van der Waals surface area contributed by atoms with E-state index in [1.54, 1.807) is 20.3 Å². The summed E-state index contributed by atoms with van der Waals surface area (Å²) in [5, 5.41) is 2.85. The number of hydrogen-bond donors (Lipinski definition) is 1. The molecule has 0 radical (unpaired) electrons. The molecule has 0 unspecified atom stereocenters. The van der Waals surface area contributed by atoms with Crippen LogP contribution in [0.5, 0.6) is 11.5 Å². The van der Waals surface area contributed by atoms with Crippen LogP contribution in [0.3, 0.4) is 0 Å². The Labute approximate surface area is 141 Å². The lowest BCUT2D eigenvalue weighted by atomic mass is 9.84. The highest BCUT2D eigenvalue weighted by Crippen LogP contribution is 2.32. The Bertz CT molecular complexity index is 728. The van der Waals surface area contributed by atoms with Gasteiger partial charge >= 0.3 is 0 Å². The zero-order chi connectivity index (χ0) is 17.7. The molecule has 5 heteroatoms. The number of ether oxygens (including phenoxy) is 2. The predicted octanol–water partition coefficient (Wildman–Crippen LogP) is 3.55. The van der Waals surface area contributed by atoms with Gasteiger partial charge in [0, 0.05) is 17.5 Å². The standard InChI is InChI=1S/C19H22FNO3/c1-19(2,14-8-9-16(23-3)17(11-14)24-4)12-21-18(22)13-6-5-7-15(20)10-13/h5-11H,12H2,1-4H3,(H,21,22). The topological polar surface area (TPSA) is 47.6 Å². The van der Waals surface area contributed by atoms with Crippen molar-refractivity contribution in [1.82, 2.24) is 5.32 Å². The molecule has 0 saturated carbocycles. The van der Waals surface area contributed by atoms with Crippen molar-refractivity contribution < 1.29 is 18.7 Å². The smallest absolute Gasteiger partial charge is 0.251 e. The summed E-state index contributed by atoms with van der Waals surface area (Å²) in [5.74, 6) is 0.560. The van der Waals surface area contributed by atoms with E-state index >= 15 is 0 Å². The van der Waals surface area contributed by atoms with Gasteiger partial charge in [0.15, 0.2) is 11.5 Å². The van der Waals surface area contributed by atoms with Gasteiger partial charge in [-0.1, -0.05) is 26.0 Å². The van der Waals surface area contributed by atoms with Crippen molar-refractivity contribution in [3.8, 4) is 11.5 Å².